The Balaban J connectivity index is 2.22. The van der Waals surface area contributed by atoms with Gasteiger partial charge in [-0.05, 0) is 24.7 Å². The second kappa shape index (κ2) is 7.36. The van der Waals surface area contributed by atoms with Gasteiger partial charge in [0.15, 0.2) is 5.96 Å². The molecule has 1 rings (SSSR count). The van der Waals surface area contributed by atoms with Gasteiger partial charge in [0.1, 0.15) is 0 Å². The number of likely N-dealkylation sites (tertiary alicyclic amines) is 1. The topological polar surface area (TPSA) is 53.9 Å². The lowest BCUT2D eigenvalue weighted by molar-refractivity contribution is -0.140. The Morgan fingerprint density at radius 1 is 1.42 bits per heavy atom. The van der Waals surface area contributed by atoms with E-state index in [-0.39, 0.29) is 5.97 Å². The molecule has 0 amide bonds. The van der Waals surface area contributed by atoms with E-state index in [0.717, 1.165) is 38.4 Å². The molecule has 0 radical (unpaired) electrons. The van der Waals surface area contributed by atoms with Crippen LogP contribution in [-0.2, 0) is 9.53 Å². The number of methoxy groups -OCH3 is 1. The van der Waals surface area contributed by atoms with Crippen LogP contribution >= 0.6 is 0 Å². The summed E-state index contributed by atoms with van der Waals surface area (Å²) in [5.74, 6) is 0.842. The third-order valence-electron chi connectivity index (χ3n) is 3.51. The number of unbranched alkanes of at least 4 members (excludes halogenated alkanes) is 1. The van der Waals surface area contributed by atoms with Crippen molar-refractivity contribution in [1.82, 2.24) is 10.2 Å². The molecule has 1 fully saturated rings. The number of nitrogens with one attached hydrogen (secondary N) is 1. The van der Waals surface area contributed by atoms with Crippen LogP contribution in [0.2, 0.25) is 0 Å². The van der Waals surface area contributed by atoms with Gasteiger partial charge in [-0.15, -0.1) is 0 Å². The van der Waals surface area contributed by atoms with Crippen LogP contribution in [0.4, 0.5) is 0 Å². The van der Waals surface area contributed by atoms with Crippen LogP contribution in [0.5, 0.6) is 0 Å². The van der Waals surface area contributed by atoms with Gasteiger partial charge in [0.25, 0.3) is 0 Å². The molecular formula is C14H27N3O2. The van der Waals surface area contributed by atoms with Crippen LogP contribution in [0.25, 0.3) is 0 Å². The zero-order valence-electron chi connectivity index (χ0n) is 12.7. The summed E-state index contributed by atoms with van der Waals surface area (Å²) in [7, 11) is 3.25. The fourth-order valence-electron chi connectivity index (χ4n) is 2.32. The van der Waals surface area contributed by atoms with Crippen molar-refractivity contribution in [2.45, 2.75) is 39.5 Å². The molecule has 0 aliphatic carbocycles. The van der Waals surface area contributed by atoms with Crippen molar-refractivity contribution in [2.75, 3.05) is 33.8 Å². The first kappa shape index (κ1) is 15.8. The minimum atomic E-state index is -0.134. The first-order valence-corrected chi connectivity index (χ1v) is 7.01. The number of ether oxygens (including phenoxy) is 1. The van der Waals surface area contributed by atoms with Gasteiger partial charge in [0.05, 0.1) is 7.11 Å². The molecule has 0 aromatic rings. The van der Waals surface area contributed by atoms with E-state index in [0.29, 0.717) is 11.8 Å². The number of carbonyl (C=O) groups is 1. The molecule has 1 aliphatic rings. The lowest BCUT2D eigenvalue weighted by Gasteiger charge is -2.23. The Kier molecular flexibility index (Phi) is 6.12. The van der Waals surface area contributed by atoms with E-state index >= 15 is 0 Å². The molecule has 0 spiro atoms. The van der Waals surface area contributed by atoms with E-state index in [4.69, 9.17) is 0 Å². The Bertz CT molecular complexity index is 327. The van der Waals surface area contributed by atoms with Gasteiger partial charge in [-0.2, -0.15) is 0 Å². The molecule has 0 atom stereocenters. The number of guanidine groups is 1. The molecule has 0 aromatic carbocycles. The zero-order chi connectivity index (χ0) is 14.3. The van der Waals surface area contributed by atoms with E-state index in [1.807, 2.05) is 7.05 Å². The molecule has 5 nitrogen and oxygen atoms in total. The fourth-order valence-corrected chi connectivity index (χ4v) is 2.32. The van der Waals surface area contributed by atoms with Gasteiger partial charge in [-0.3, -0.25) is 9.79 Å². The van der Waals surface area contributed by atoms with Crippen molar-refractivity contribution >= 4 is 11.9 Å². The Hall–Kier alpha value is -1.26. The average molecular weight is 269 g/mol. The van der Waals surface area contributed by atoms with Crippen LogP contribution in [0.1, 0.15) is 39.5 Å². The number of esters is 1. The monoisotopic (exact) mass is 269 g/mol. The van der Waals surface area contributed by atoms with Gasteiger partial charge in [-0.25, -0.2) is 0 Å². The van der Waals surface area contributed by atoms with Crippen molar-refractivity contribution in [2.24, 2.45) is 10.4 Å². The van der Waals surface area contributed by atoms with E-state index in [1.54, 1.807) is 0 Å². The Morgan fingerprint density at radius 2 is 2.16 bits per heavy atom. The highest BCUT2D eigenvalue weighted by molar-refractivity contribution is 5.80. The van der Waals surface area contributed by atoms with Crippen LogP contribution in [0, 0.1) is 5.41 Å². The summed E-state index contributed by atoms with van der Waals surface area (Å²) in [6, 6.07) is 0. The Labute approximate surface area is 116 Å². The van der Waals surface area contributed by atoms with Gasteiger partial charge >= 0.3 is 5.97 Å². The van der Waals surface area contributed by atoms with E-state index in [9.17, 15) is 4.79 Å². The van der Waals surface area contributed by atoms with E-state index in [1.165, 1.54) is 13.5 Å². The van der Waals surface area contributed by atoms with E-state index < -0.39 is 0 Å². The van der Waals surface area contributed by atoms with Crippen LogP contribution in [0.3, 0.4) is 0 Å². The second-order valence-corrected chi connectivity index (χ2v) is 5.84. The highest BCUT2D eigenvalue weighted by atomic mass is 16.5. The van der Waals surface area contributed by atoms with E-state index in [2.05, 4.69) is 33.8 Å². The third-order valence-corrected chi connectivity index (χ3v) is 3.51. The molecule has 110 valence electrons. The molecule has 19 heavy (non-hydrogen) atoms. The summed E-state index contributed by atoms with van der Waals surface area (Å²) in [6.45, 7) is 7.54. The number of hydrogen-bond donors (Lipinski definition) is 1. The lowest BCUT2D eigenvalue weighted by atomic mass is 9.93. The summed E-state index contributed by atoms with van der Waals surface area (Å²) in [5.41, 5.74) is 0.377. The molecule has 0 saturated carbocycles. The number of carbonyl (C=O) groups excluding carboxylic acids is 1. The largest absolute Gasteiger partial charge is 0.469 e. The van der Waals surface area contributed by atoms with Crippen LogP contribution in [0.15, 0.2) is 4.99 Å². The molecule has 0 aromatic heterocycles. The van der Waals surface area contributed by atoms with Gasteiger partial charge < -0.3 is 15.0 Å². The average Bonchev–Trinajstić information content (AvgIpc) is 2.73. The summed E-state index contributed by atoms with van der Waals surface area (Å²) in [6.07, 6.45) is 3.50. The minimum Gasteiger partial charge on any atom is -0.469 e. The van der Waals surface area contributed by atoms with Crippen LogP contribution in [-0.4, -0.2) is 50.6 Å². The number of rotatable bonds is 5. The summed E-state index contributed by atoms with van der Waals surface area (Å²) in [4.78, 5) is 17.6. The maximum atomic E-state index is 11.0. The predicted octanol–water partition coefficient (Wildman–Crippen LogP) is 1.64. The first-order chi connectivity index (χ1) is 8.98. The van der Waals surface area contributed by atoms with Crippen molar-refractivity contribution in [3.63, 3.8) is 0 Å². The molecule has 0 bridgehead atoms. The zero-order valence-corrected chi connectivity index (χ0v) is 12.7. The highest BCUT2D eigenvalue weighted by Gasteiger charge is 2.30. The van der Waals surface area contributed by atoms with Gasteiger partial charge in [0.2, 0.25) is 0 Å². The van der Waals surface area contributed by atoms with Crippen molar-refractivity contribution < 1.29 is 9.53 Å². The molecule has 0 unspecified atom stereocenters. The van der Waals surface area contributed by atoms with Crippen molar-refractivity contribution in [3.05, 3.63) is 0 Å². The normalized spacial score (nSPS) is 18.5. The Morgan fingerprint density at radius 3 is 2.68 bits per heavy atom. The van der Waals surface area contributed by atoms with Gasteiger partial charge in [-0.1, -0.05) is 13.8 Å². The number of nitrogens with zero attached hydrogens (tertiary/aromatic N) is 2. The molecule has 1 N–H and O–H groups in total. The summed E-state index contributed by atoms with van der Waals surface area (Å²) >= 11 is 0. The van der Waals surface area contributed by atoms with Crippen LogP contribution < -0.4 is 5.32 Å². The third kappa shape index (κ3) is 5.49. The van der Waals surface area contributed by atoms with Crippen molar-refractivity contribution in [3.8, 4) is 0 Å². The first-order valence-electron chi connectivity index (χ1n) is 7.01. The standard InChI is InChI=1S/C14H27N3O2/c1-14(2)8-10-17(11-14)13(15-3)16-9-6-5-7-12(18)19-4/h5-11H2,1-4H3,(H,15,16). The maximum Gasteiger partial charge on any atom is 0.305 e. The summed E-state index contributed by atoms with van der Waals surface area (Å²) in [5, 5.41) is 3.36. The predicted molar refractivity (Wildman–Crippen MR) is 77.2 cm³/mol. The number of aliphatic imine (C=N–C) groups is 1. The summed E-state index contributed by atoms with van der Waals surface area (Å²) < 4.78 is 4.61. The molecular weight excluding hydrogens is 242 g/mol. The highest BCUT2D eigenvalue weighted by Crippen LogP contribution is 2.28. The molecule has 1 saturated heterocycles. The molecule has 5 heteroatoms. The minimum absolute atomic E-state index is 0.134. The smallest absolute Gasteiger partial charge is 0.305 e. The SMILES string of the molecule is CN=C(NCCCCC(=O)OC)N1CCC(C)(C)C1. The maximum absolute atomic E-state index is 11.0. The van der Waals surface area contributed by atoms with Crippen molar-refractivity contribution in [1.29, 1.82) is 0 Å². The quantitative estimate of drug-likeness (QED) is 0.357. The molecule has 1 aliphatic heterocycles. The molecule has 1 heterocycles. The van der Waals surface area contributed by atoms with Gasteiger partial charge in [0, 0.05) is 33.1 Å². The fraction of sp³-hybridized carbons (Fsp3) is 0.857. The number of hydrogen-bond acceptors (Lipinski definition) is 3. The second-order valence-electron chi connectivity index (χ2n) is 5.84. The lowest BCUT2D eigenvalue weighted by Crippen LogP contribution is -2.41.